The smallest absolute Gasteiger partial charge is 0.229 e. The molecule has 0 saturated heterocycles. The molecule has 0 radical (unpaired) electrons. The zero-order valence-corrected chi connectivity index (χ0v) is 17.4. The molecule has 4 rings (SSSR count). The van der Waals surface area contributed by atoms with Gasteiger partial charge in [0, 0.05) is 17.8 Å². The lowest BCUT2D eigenvalue weighted by molar-refractivity contribution is -0.120. The molecule has 0 spiro atoms. The third kappa shape index (κ3) is 4.50. The van der Waals surface area contributed by atoms with Crippen molar-refractivity contribution in [1.29, 1.82) is 0 Å². The maximum atomic E-state index is 12.9. The number of imidazole rings is 1. The lowest BCUT2D eigenvalue weighted by atomic mass is 9.95. The van der Waals surface area contributed by atoms with Crippen molar-refractivity contribution in [3.8, 4) is 0 Å². The van der Waals surface area contributed by atoms with E-state index in [4.69, 9.17) is 4.98 Å². The lowest BCUT2D eigenvalue weighted by Gasteiger charge is -2.25. The van der Waals surface area contributed by atoms with E-state index >= 15 is 0 Å². The standard InChI is InChI=1S/C22H26N4O2S/c1-15(27)23-18(20-12-7-13-29-20)14-21(28)25-22-24-17-10-5-6-11-19(17)26(22)16-8-3-2-4-9-16/h5-7,10-13,16,18H,2-4,8-9,14H2,1H3,(H,23,27)(H,24,25,28). The van der Waals surface area contributed by atoms with Crippen LogP contribution in [0.4, 0.5) is 5.95 Å². The third-order valence-electron chi connectivity index (χ3n) is 5.44. The second kappa shape index (κ2) is 8.78. The molecule has 1 fully saturated rings. The maximum Gasteiger partial charge on any atom is 0.229 e. The van der Waals surface area contributed by atoms with E-state index in [2.05, 4.69) is 21.3 Å². The Hall–Kier alpha value is -2.67. The highest BCUT2D eigenvalue weighted by Crippen LogP contribution is 2.34. The monoisotopic (exact) mass is 410 g/mol. The van der Waals surface area contributed by atoms with Gasteiger partial charge in [0.15, 0.2) is 0 Å². The van der Waals surface area contributed by atoms with Gasteiger partial charge in [-0.3, -0.25) is 14.9 Å². The molecule has 1 unspecified atom stereocenters. The van der Waals surface area contributed by atoms with Gasteiger partial charge in [-0.15, -0.1) is 11.3 Å². The summed E-state index contributed by atoms with van der Waals surface area (Å²) in [6.45, 7) is 1.47. The van der Waals surface area contributed by atoms with Gasteiger partial charge >= 0.3 is 0 Å². The quantitative estimate of drug-likeness (QED) is 0.612. The van der Waals surface area contributed by atoms with E-state index in [1.807, 2.05) is 35.7 Å². The fourth-order valence-corrected chi connectivity index (χ4v) is 4.94. The molecule has 7 heteroatoms. The number of nitrogens with zero attached hydrogens (tertiary/aromatic N) is 2. The van der Waals surface area contributed by atoms with Gasteiger partial charge < -0.3 is 9.88 Å². The molecule has 1 aromatic carbocycles. The van der Waals surface area contributed by atoms with E-state index in [1.165, 1.54) is 37.5 Å². The number of benzene rings is 1. The van der Waals surface area contributed by atoms with Crippen molar-refractivity contribution in [3.05, 3.63) is 46.7 Å². The first-order chi connectivity index (χ1) is 14.1. The minimum absolute atomic E-state index is 0.148. The van der Waals surface area contributed by atoms with E-state index in [9.17, 15) is 9.59 Å². The molecule has 0 bridgehead atoms. The summed E-state index contributed by atoms with van der Waals surface area (Å²) in [5, 5.41) is 7.87. The van der Waals surface area contributed by atoms with Crippen molar-refractivity contribution in [3.63, 3.8) is 0 Å². The summed E-state index contributed by atoms with van der Waals surface area (Å²) in [6.07, 6.45) is 6.05. The number of aromatic nitrogens is 2. The van der Waals surface area contributed by atoms with E-state index < -0.39 is 0 Å². The number of hydrogen-bond donors (Lipinski definition) is 2. The van der Waals surface area contributed by atoms with Crippen LogP contribution in [0.1, 0.15) is 62.4 Å². The van der Waals surface area contributed by atoms with Crippen molar-refractivity contribution in [2.75, 3.05) is 5.32 Å². The zero-order valence-electron chi connectivity index (χ0n) is 16.6. The Morgan fingerprint density at radius 2 is 1.97 bits per heavy atom. The van der Waals surface area contributed by atoms with Gasteiger partial charge in [-0.05, 0) is 36.4 Å². The number of nitrogens with one attached hydrogen (secondary N) is 2. The Balaban J connectivity index is 1.58. The van der Waals surface area contributed by atoms with Gasteiger partial charge in [-0.1, -0.05) is 37.5 Å². The van der Waals surface area contributed by atoms with E-state index in [0.29, 0.717) is 12.0 Å². The van der Waals surface area contributed by atoms with Gasteiger partial charge in [-0.25, -0.2) is 4.98 Å². The van der Waals surface area contributed by atoms with Crippen LogP contribution in [0.5, 0.6) is 0 Å². The van der Waals surface area contributed by atoms with Crippen molar-refractivity contribution >= 4 is 40.1 Å². The number of carbonyl (C=O) groups is 2. The summed E-state index contributed by atoms with van der Waals surface area (Å²) < 4.78 is 2.20. The van der Waals surface area contributed by atoms with Gasteiger partial charge in [0.1, 0.15) is 0 Å². The highest BCUT2D eigenvalue weighted by atomic mass is 32.1. The SMILES string of the molecule is CC(=O)NC(CC(=O)Nc1nc2ccccc2n1C1CCCCC1)c1cccs1. The number of para-hydroxylation sites is 2. The van der Waals surface area contributed by atoms with Crippen molar-refractivity contribution in [2.45, 2.75) is 57.5 Å². The Morgan fingerprint density at radius 1 is 1.17 bits per heavy atom. The first-order valence-electron chi connectivity index (χ1n) is 10.2. The van der Waals surface area contributed by atoms with Crippen LogP contribution in [-0.2, 0) is 9.59 Å². The molecule has 0 aliphatic heterocycles. The van der Waals surface area contributed by atoms with Gasteiger partial charge in [0.25, 0.3) is 0 Å². The minimum atomic E-state index is -0.333. The largest absolute Gasteiger partial charge is 0.348 e. The summed E-state index contributed by atoms with van der Waals surface area (Å²) in [5.74, 6) is 0.311. The molecule has 29 heavy (non-hydrogen) atoms. The molecule has 1 aliphatic rings. The van der Waals surface area contributed by atoms with Gasteiger partial charge in [0.05, 0.1) is 23.5 Å². The number of rotatable bonds is 6. The normalized spacial score (nSPS) is 15.9. The lowest BCUT2D eigenvalue weighted by Crippen LogP contribution is -2.30. The first kappa shape index (κ1) is 19.6. The number of anilines is 1. The molecule has 3 aromatic rings. The summed E-state index contributed by atoms with van der Waals surface area (Å²) in [6, 6.07) is 11.9. The van der Waals surface area contributed by atoms with Crippen molar-refractivity contribution < 1.29 is 9.59 Å². The zero-order chi connectivity index (χ0) is 20.2. The maximum absolute atomic E-state index is 12.9. The summed E-state index contributed by atoms with van der Waals surface area (Å²) in [5.41, 5.74) is 1.96. The van der Waals surface area contributed by atoms with Crippen LogP contribution in [0, 0.1) is 0 Å². The fourth-order valence-electron chi connectivity index (χ4n) is 4.16. The number of amides is 2. The topological polar surface area (TPSA) is 76.0 Å². The molecular formula is C22H26N4O2S. The highest BCUT2D eigenvalue weighted by molar-refractivity contribution is 7.10. The Labute approximate surface area is 174 Å². The van der Waals surface area contributed by atoms with Crippen molar-refractivity contribution in [1.82, 2.24) is 14.9 Å². The summed E-state index contributed by atoms with van der Waals surface area (Å²) in [7, 11) is 0. The molecule has 2 heterocycles. The number of carbonyl (C=O) groups excluding carboxylic acids is 2. The predicted molar refractivity (Wildman–Crippen MR) is 116 cm³/mol. The van der Waals surface area contributed by atoms with E-state index in [0.717, 1.165) is 28.8 Å². The van der Waals surface area contributed by atoms with Crippen LogP contribution in [0.15, 0.2) is 41.8 Å². The molecule has 2 aromatic heterocycles. The van der Waals surface area contributed by atoms with Crippen molar-refractivity contribution in [2.24, 2.45) is 0 Å². The molecular weight excluding hydrogens is 384 g/mol. The third-order valence-corrected chi connectivity index (χ3v) is 6.43. The molecule has 1 atom stereocenters. The molecule has 6 nitrogen and oxygen atoms in total. The van der Waals surface area contributed by atoms with Crippen LogP contribution < -0.4 is 10.6 Å². The van der Waals surface area contributed by atoms with Crippen LogP contribution in [0.2, 0.25) is 0 Å². The van der Waals surface area contributed by atoms with Crippen LogP contribution in [-0.4, -0.2) is 21.4 Å². The van der Waals surface area contributed by atoms with Gasteiger partial charge in [0.2, 0.25) is 17.8 Å². The molecule has 1 saturated carbocycles. The number of thiophene rings is 1. The average Bonchev–Trinajstić information content (AvgIpc) is 3.35. The minimum Gasteiger partial charge on any atom is -0.348 e. The summed E-state index contributed by atoms with van der Waals surface area (Å²) >= 11 is 1.54. The molecule has 1 aliphatic carbocycles. The average molecular weight is 411 g/mol. The fraction of sp³-hybridized carbons (Fsp3) is 0.409. The number of fused-ring (bicyclic) bond motifs is 1. The summed E-state index contributed by atoms with van der Waals surface area (Å²) in [4.78, 5) is 30.2. The Kier molecular flexibility index (Phi) is 5.94. The Bertz CT molecular complexity index is 990. The van der Waals surface area contributed by atoms with Crippen LogP contribution in [0.3, 0.4) is 0 Å². The second-order valence-electron chi connectivity index (χ2n) is 7.61. The molecule has 2 amide bonds. The first-order valence-corrected chi connectivity index (χ1v) is 11.1. The highest BCUT2D eigenvalue weighted by Gasteiger charge is 2.24. The van der Waals surface area contributed by atoms with E-state index in [-0.39, 0.29) is 24.3 Å². The Morgan fingerprint density at radius 3 is 2.69 bits per heavy atom. The van der Waals surface area contributed by atoms with Crippen LogP contribution >= 0.6 is 11.3 Å². The molecule has 2 N–H and O–H groups in total. The van der Waals surface area contributed by atoms with Gasteiger partial charge in [-0.2, -0.15) is 0 Å². The van der Waals surface area contributed by atoms with E-state index in [1.54, 1.807) is 0 Å². The predicted octanol–water partition coefficient (Wildman–Crippen LogP) is 4.81. The second-order valence-corrected chi connectivity index (χ2v) is 8.59. The van der Waals surface area contributed by atoms with Crippen LogP contribution in [0.25, 0.3) is 11.0 Å². The molecule has 152 valence electrons. The number of hydrogen-bond acceptors (Lipinski definition) is 4.